The molecule has 0 aliphatic rings. The molecule has 0 atom stereocenters. The first kappa shape index (κ1) is 18.9. The van der Waals surface area contributed by atoms with Crippen LogP contribution < -0.4 is 0 Å². The number of aliphatic imine (C=N–C) groups is 1. The van der Waals surface area contributed by atoms with Gasteiger partial charge in [0.25, 0.3) is 0 Å². The van der Waals surface area contributed by atoms with Gasteiger partial charge in [-0.1, -0.05) is 50.1 Å². The zero-order valence-corrected chi connectivity index (χ0v) is 15.3. The van der Waals surface area contributed by atoms with Crippen LogP contribution in [0.5, 0.6) is 0 Å². The van der Waals surface area contributed by atoms with E-state index in [1.807, 2.05) is 20.8 Å². The molecule has 0 saturated heterocycles. The Kier molecular flexibility index (Phi) is 7.43. The topological polar surface area (TPSA) is 12.4 Å². The lowest BCUT2D eigenvalue weighted by molar-refractivity contribution is 1.42. The molecule has 0 bridgehead atoms. The molecule has 0 radical (unpaired) electrons. The molecule has 0 aliphatic carbocycles. The molecule has 1 aromatic rings. The molecular formula is C21H25NS. The Morgan fingerprint density at radius 3 is 2.17 bits per heavy atom. The summed E-state index contributed by atoms with van der Waals surface area (Å²) in [6.07, 6.45) is 13.8. The van der Waals surface area contributed by atoms with Crippen LogP contribution in [0.15, 0.2) is 60.2 Å². The molecule has 0 fully saturated rings. The summed E-state index contributed by atoms with van der Waals surface area (Å²) in [4.78, 5) is 6.98. The van der Waals surface area contributed by atoms with Gasteiger partial charge in [0, 0.05) is 16.7 Å². The van der Waals surface area contributed by atoms with Gasteiger partial charge in [-0.15, -0.1) is 11.3 Å². The van der Waals surface area contributed by atoms with Gasteiger partial charge < -0.3 is 0 Å². The number of thiophene rings is 1. The molecule has 1 heterocycles. The van der Waals surface area contributed by atoms with Crippen LogP contribution in [0.3, 0.4) is 0 Å². The summed E-state index contributed by atoms with van der Waals surface area (Å²) >= 11 is 1.74. The normalized spacial score (nSPS) is 13.0. The molecule has 0 unspecified atom stereocenters. The Balaban J connectivity index is 3.78. The van der Waals surface area contributed by atoms with Crippen molar-refractivity contribution in [3.8, 4) is 0 Å². The van der Waals surface area contributed by atoms with E-state index < -0.39 is 0 Å². The van der Waals surface area contributed by atoms with Crippen molar-refractivity contribution in [2.75, 3.05) is 0 Å². The van der Waals surface area contributed by atoms with Crippen LogP contribution in [0.1, 0.15) is 41.7 Å². The molecule has 120 valence electrons. The molecule has 1 rings (SSSR count). The van der Waals surface area contributed by atoms with Gasteiger partial charge in [0.1, 0.15) is 0 Å². The molecule has 0 aromatic carbocycles. The van der Waals surface area contributed by atoms with E-state index in [-0.39, 0.29) is 0 Å². The van der Waals surface area contributed by atoms with Gasteiger partial charge in [-0.3, -0.25) is 4.99 Å². The van der Waals surface area contributed by atoms with Crippen molar-refractivity contribution in [1.82, 2.24) is 0 Å². The maximum absolute atomic E-state index is 4.61. The number of hydrogen-bond donors (Lipinski definition) is 0. The van der Waals surface area contributed by atoms with E-state index in [9.17, 15) is 0 Å². The van der Waals surface area contributed by atoms with Gasteiger partial charge in [0.2, 0.25) is 0 Å². The maximum atomic E-state index is 4.61. The Bertz CT molecular complexity index is 721. The summed E-state index contributed by atoms with van der Waals surface area (Å²) in [7, 11) is 0. The third-order valence-corrected chi connectivity index (χ3v) is 4.68. The highest BCUT2D eigenvalue weighted by Gasteiger charge is 2.17. The first-order chi connectivity index (χ1) is 11.0. The second-order valence-corrected chi connectivity index (χ2v) is 5.97. The van der Waals surface area contributed by atoms with Gasteiger partial charge in [-0.2, -0.15) is 0 Å². The lowest BCUT2D eigenvalue weighted by Crippen LogP contribution is -1.90. The number of nitrogens with zero attached hydrogens (tertiary/aromatic N) is 1. The van der Waals surface area contributed by atoms with Crippen LogP contribution in [0, 0.1) is 6.92 Å². The summed E-state index contributed by atoms with van der Waals surface area (Å²) in [5.74, 6) is 0. The van der Waals surface area contributed by atoms with Crippen molar-refractivity contribution in [1.29, 1.82) is 0 Å². The third-order valence-electron chi connectivity index (χ3n) is 3.40. The van der Waals surface area contributed by atoms with E-state index in [0.717, 1.165) is 21.7 Å². The molecule has 0 amide bonds. The zero-order chi connectivity index (χ0) is 17.4. The molecule has 23 heavy (non-hydrogen) atoms. The molecule has 1 nitrogen and oxygen atoms in total. The van der Waals surface area contributed by atoms with Gasteiger partial charge in [0.15, 0.2) is 0 Å². The summed E-state index contributed by atoms with van der Waals surface area (Å²) in [6.45, 7) is 19.9. The quantitative estimate of drug-likeness (QED) is 0.384. The third kappa shape index (κ3) is 4.17. The second-order valence-electron chi connectivity index (χ2n) is 4.92. The first-order valence-corrected chi connectivity index (χ1v) is 8.43. The molecule has 0 N–H and O–H groups in total. The smallest absolute Gasteiger partial charge is 0.0878 e. The average molecular weight is 324 g/mol. The Hall–Kier alpha value is -2.19. The maximum Gasteiger partial charge on any atom is 0.0878 e. The van der Waals surface area contributed by atoms with E-state index in [1.54, 1.807) is 29.7 Å². The minimum atomic E-state index is 0.827. The van der Waals surface area contributed by atoms with E-state index in [2.05, 4.69) is 56.0 Å². The van der Waals surface area contributed by atoms with E-state index in [0.29, 0.717) is 0 Å². The van der Waals surface area contributed by atoms with Crippen molar-refractivity contribution in [3.05, 3.63) is 76.1 Å². The monoisotopic (exact) mass is 323 g/mol. The van der Waals surface area contributed by atoms with Crippen LogP contribution in [-0.2, 0) is 0 Å². The molecule has 0 spiro atoms. The van der Waals surface area contributed by atoms with Crippen LogP contribution >= 0.6 is 11.3 Å². The minimum Gasteiger partial charge on any atom is -0.259 e. The van der Waals surface area contributed by atoms with E-state index in [1.165, 1.54) is 16.0 Å². The fraction of sp³-hybridized carbons (Fsp3) is 0.190. The predicted molar refractivity (Wildman–Crippen MR) is 109 cm³/mol. The van der Waals surface area contributed by atoms with Crippen molar-refractivity contribution in [2.24, 2.45) is 4.99 Å². The van der Waals surface area contributed by atoms with Crippen molar-refractivity contribution >= 4 is 35.4 Å². The van der Waals surface area contributed by atoms with Crippen LogP contribution in [0.25, 0.3) is 17.8 Å². The van der Waals surface area contributed by atoms with Gasteiger partial charge in [-0.25, -0.2) is 0 Å². The fourth-order valence-electron chi connectivity index (χ4n) is 2.29. The average Bonchev–Trinajstić information content (AvgIpc) is 2.84. The van der Waals surface area contributed by atoms with Gasteiger partial charge in [0.05, 0.1) is 10.6 Å². The highest BCUT2D eigenvalue weighted by Crippen LogP contribution is 2.38. The molecular weight excluding hydrogens is 298 g/mol. The minimum absolute atomic E-state index is 0.827. The summed E-state index contributed by atoms with van der Waals surface area (Å²) in [5, 5.41) is 0. The van der Waals surface area contributed by atoms with Crippen LogP contribution in [-0.4, -0.2) is 6.21 Å². The molecule has 0 saturated carbocycles. The number of hydrogen-bond acceptors (Lipinski definition) is 2. The second kappa shape index (κ2) is 9.06. The van der Waals surface area contributed by atoms with E-state index in [4.69, 9.17) is 0 Å². The summed E-state index contributed by atoms with van der Waals surface area (Å²) in [6, 6.07) is 0. The van der Waals surface area contributed by atoms with Gasteiger partial charge >= 0.3 is 0 Å². The van der Waals surface area contributed by atoms with Crippen molar-refractivity contribution in [3.63, 3.8) is 0 Å². The number of rotatable bonds is 7. The predicted octanol–water partition coefficient (Wildman–Crippen LogP) is 6.85. The highest BCUT2D eigenvalue weighted by molar-refractivity contribution is 7.14. The van der Waals surface area contributed by atoms with Crippen molar-refractivity contribution < 1.29 is 0 Å². The van der Waals surface area contributed by atoms with Crippen molar-refractivity contribution in [2.45, 2.75) is 27.7 Å². The van der Waals surface area contributed by atoms with Gasteiger partial charge in [-0.05, 0) is 50.5 Å². The lowest BCUT2D eigenvalue weighted by atomic mass is 10.0. The van der Waals surface area contributed by atoms with Crippen LogP contribution in [0.2, 0.25) is 0 Å². The zero-order valence-electron chi connectivity index (χ0n) is 14.5. The standard InChI is InChI=1S/C21H25NS/c1-8-13-18-16(7)21(23-19(18)14-9-2)20(22-12-5)17(11-4)15(6)10-3/h8-14H,3-4,6H2,1-2,5,7H3/b13-8-,14-9-,20-17-,22-12?. The molecule has 1 aromatic heterocycles. The fourth-order valence-corrected chi connectivity index (χ4v) is 3.57. The highest BCUT2D eigenvalue weighted by atomic mass is 32.1. The largest absolute Gasteiger partial charge is 0.259 e. The SMILES string of the molecule is C=CC(=C)/C(C=C)=C(\N=CC)c1sc(/C=C\C)c(/C=C\C)c1C. The Morgan fingerprint density at radius 2 is 1.70 bits per heavy atom. The molecule has 0 aliphatic heterocycles. The number of allylic oxidation sites excluding steroid dienone is 6. The summed E-state index contributed by atoms with van der Waals surface area (Å²) in [5.41, 5.74) is 5.10. The van der Waals surface area contributed by atoms with Crippen LogP contribution in [0.4, 0.5) is 0 Å². The Morgan fingerprint density at radius 1 is 1.04 bits per heavy atom. The molecule has 2 heteroatoms. The Labute approximate surface area is 144 Å². The van der Waals surface area contributed by atoms with E-state index >= 15 is 0 Å². The summed E-state index contributed by atoms with van der Waals surface area (Å²) < 4.78 is 0. The lowest BCUT2D eigenvalue weighted by Gasteiger charge is -2.08. The first-order valence-electron chi connectivity index (χ1n) is 7.61.